The molecule has 1 fully saturated rings. The number of carbonyl (C=O) groups is 1. The number of carbonyl (C=O) groups excluding carboxylic acids is 1. The number of nitrogens with one attached hydrogen (secondary N) is 1. The van der Waals surface area contributed by atoms with Crippen LogP contribution in [0.5, 0.6) is 11.5 Å². The predicted octanol–water partition coefficient (Wildman–Crippen LogP) is 2.85. The first-order chi connectivity index (χ1) is 13.9. The Kier molecular flexibility index (Phi) is 7.20. The lowest BCUT2D eigenvalue weighted by Gasteiger charge is -2.39. The highest BCUT2D eigenvalue weighted by atomic mass is 127. The maximum Gasteiger partial charge on any atom is 0.410 e. The molecule has 0 aromatic heterocycles. The molecule has 1 N–H and O–H groups in total. The van der Waals surface area contributed by atoms with Crippen molar-refractivity contribution >= 4 is 36.0 Å². The summed E-state index contributed by atoms with van der Waals surface area (Å²) in [7, 11) is 0. The van der Waals surface area contributed by atoms with Gasteiger partial charge >= 0.3 is 6.09 Å². The molecule has 0 spiro atoms. The highest BCUT2D eigenvalue weighted by Gasteiger charge is 2.36. The molecule has 0 radical (unpaired) electrons. The number of hydrogen-bond acceptors (Lipinski definition) is 7. The standard InChI is InChI=1S/C21H30N4O4.HI/c1-21(2,3)29-20(26)24-7-8-25-16(14-24)13-23-19(25)22-12-15-5-6-17-18(11-15)28-10-4-9-27-17;/h5-6,11,16H,4,7-10,12-14H2,1-3H3,(H,22,23);1H. The summed E-state index contributed by atoms with van der Waals surface area (Å²) in [5.41, 5.74) is 0.642. The lowest BCUT2D eigenvalue weighted by molar-refractivity contribution is 0.0137. The Hall–Kier alpha value is -1.91. The minimum Gasteiger partial charge on any atom is -0.490 e. The van der Waals surface area contributed by atoms with Crippen molar-refractivity contribution in [2.45, 2.75) is 45.4 Å². The van der Waals surface area contributed by atoms with Crippen molar-refractivity contribution in [3.05, 3.63) is 23.8 Å². The van der Waals surface area contributed by atoms with E-state index in [-0.39, 0.29) is 36.1 Å². The molecule has 0 aliphatic carbocycles. The highest BCUT2D eigenvalue weighted by molar-refractivity contribution is 14.0. The number of hydrogen-bond donors (Lipinski definition) is 1. The summed E-state index contributed by atoms with van der Waals surface area (Å²) in [6.45, 7) is 10.4. The fourth-order valence-corrected chi connectivity index (χ4v) is 3.72. The summed E-state index contributed by atoms with van der Waals surface area (Å²) in [5, 5.41) is 3.45. The molecule has 1 unspecified atom stereocenters. The van der Waals surface area contributed by atoms with Crippen LogP contribution < -0.4 is 14.8 Å². The molecule has 4 rings (SSSR count). The second kappa shape index (κ2) is 9.49. The van der Waals surface area contributed by atoms with Crippen LogP contribution in [0.4, 0.5) is 4.79 Å². The number of ether oxygens (including phenoxy) is 3. The molecule has 8 nitrogen and oxygen atoms in total. The Balaban J connectivity index is 0.00000256. The van der Waals surface area contributed by atoms with Crippen LogP contribution in [-0.2, 0) is 11.3 Å². The zero-order chi connectivity index (χ0) is 20.4. The van der Waals surface area contributed by atoms with E-state index in [1.165, 1.54) is 0 Å². The van der Waals surface area contributed by atoms with E-state index < -0.39 is 5.60 Å². The van der Waals surface area contributed by atoms with Crippen molar-refractivity contribution in [3.63, 3.8) is 0 Å². The van der Waals surface area contributed by atoms with Gasteiger partial charge in [0, 0.05) is 32.6 Å². The fourth-order valence-electron chi connectivity index (χ4n) is 3.72. The summed E-state index contributed by atoms with van der Waals surface area (Å²) in [4.78, 5) is 21.0. The lowest BCUT2D eigenvalue weighted by atomic mass is 10.2. The quantitative estimate of drug-likeness (QED) is 0.593. The van der Waals surface area contributed by atoms with E-state index in [1.807, 2.05) is 39.0 Å². The van der Waals surface area contributed by atoms with Crippen LogP contribution in [0.15, 0.2) is 23.2 Å². The number of aliphatic imine (C=N–C) groups is 1. The molecule has 3 aliphatic rings. The largest absolute Gasteiger partial charge is 0.490 e. The third-order valence-electron chi connectivity index (χ3n) is 5.12. The van der Waals surface area contributed by atoms with Gasteiger partial charge in [-0.3, -0.25) is 4.99 Å². The smallest absolute Gasteiger partial charge is 0.410 e. The predicted molar refractivity (Wildman–Crippen MR) is 125 cm³/mol. The number of fused-ring (bicyclic) bond motifs is 2. The maximum absolute atomic E-state index is 12.3. The van der Waals surface area contributed by atoms with E-state index in [0.29, 0.717) is 39.4 Å². The Morgan fingerprint density at radius 1 is 1.23 bits per heavy atom. The Labute approximate surface area is 194 Å². The van der Waals surface area contributed by atoms with Gasteiger partial charge in [0.05, 0.1) is 25.8 Å². The molecular weight excluding hydrogens is 499 g/mol. The number of nitrogens with zero attached hydrogens (tertiary/aromatic N) is 3. The molecule has 9 heteroatoms. The first-order valence-corrected chi connectivity index (χ1v) is 10.3. The van der Waals surface area contributed by atoms with Crippen molar-refractivity contribution in [1.29, 1.82) is 0 Å². The Morgan fingerprint density at radius 2 is 2.00 bits per heavy atom. The molecule has 0 saturated carbocycles. The van der Waals surface area contributed by atoms with Crippen LogP contribution in [0.3, 0.4) is 0 Å². The molecule has 1 saturated heterocycles. The third kappa shape index (κ3) is 5.41. The maximum atomic E-state index is 12.3. The number of guanidine groups is 1. The van der Waals surface area contributed by atoms with Crippen molar-refractivity contribution in [3.8, 4) is 11.5 Å². The van der Waals surface area contributed by atoms with Crippen molar-refractivity contribution in [2.75, 3.05) is 39.4 Å². The number of piperazine rings is 1. The van der Waals surface area contributed by atoms with E-state index >= 15 is 0 Å². The minimum atomic E-state index is -0.476. The van der Waals surface area contributed by atoms with Crippen molar-refractivity contribution in [2.24, 2.45) is 4.99 Å². The molecular formula is C21H31IN4O4. The van der Waals surface area contributed by atoms with Crippen LogP contribution in [0.1, 0.15) is 32.8 Å². The topological polar surface area (TPSA) is 75.6 Å². The summed E-state index contributed by atoms with van der Waals surface area (Å²) in [5.74, 6) is 2.51. The monoisotopic (exact) mass is 530 g/mol. The van der Waals surface area contributed by atoms with Gasteiger partial charge in [0.25, 0.3) is 0 Å². The Bertz CT molecular complexity index is 796. The van der Waals surface area contributed by atoms with Gasteiger partial charge in [-0.25, -0.2) is 4.79 Å². The van der Waals surface area contributed by atoms with E-state index in [9.17, 15) is 4.79 Å². The molecule has 3 aliphatic heterocycles. The second-order valence-corrected chi connectivity index (χ2v) is 8.62. The molecule has 0 bridgehead atoms. The first-order valence-electron chi connectivity index (χ1n) is 10.3. The summed E-state index contributed by atoms with van der Waals surface area (Å²) < 4.78 is 17.0. The lowest BCUT2D eigenvalue weighted by Crippen LogP contribution is -2.57. The SMILES string of the molecule is CC(C)(C)OC(=O)N1CCN2C(NCc3ccc4c(c3)OCCCO4)=NCC2C1.I. The average molecular weight is 530 g/mol. The summed E-state index contributed by atoms with van der Waals surface area (Å²) in [6, 6.07) is 6.24. The number of halogens is 1. The van der Waals surface area contributed by atoms with Crippen molar-refractivity contribution in [1.82, 2.24) is 15.1 Å². The van der Waals surface area contributed by atoms with E-state index in [2.05, 4.69) is 15.2 Å². The van der Waals surface area contributed by atoms with Crippen LogP contribution in [0.25, 0.3) is 0 Å². The van der Waals surface area contributed by atoms with E-state index in [1.54, 1.807) is 4.90 Å². The van der Waals surface area contributed by atoms with E-state index in [0.717, 1.165) is 36.0 Å². The van der Waals surface area contributed by atoms with Crippen molar-refractivity contribution < 1.29 is 19.0 Å². The molecule has 166 valence electrons. The van der Waals surface area contributed by atoms with E-state index in [4.69, 9.17) is 14.2 Å². The van der Waals surface area contributed by atoms with Crippen LogP contribution in [-0.4, -0.2) is 72.9 Å². The normalized spacial score (nSPS) is 20.5. The zero-order valence-corrected chi connectivity index (χ0v) is 20.2. The van der Waals surface area contributed by atoms with Crippen LogP contribution in [0, 0.1) is 0 Å². The number of rotatable bonds is 2. The van der Waals surface area contributed by atoms with Crippen LogP contribution >= 0.6 is 24.0 Å². The van der Waals surface area contributed by atoms with Gasteiger partial charge in [-0.05, 0) is 38.5 Å². The number of amides is 1. The zero-order valence-electron chi connectivity index (χ0n) is 17.8. The molecule has 3 heterocycles. The summed E-state index contributed by atoms with van der Waals surface area (Å²) >= 11 is 0. The molecule has 1 aromatic rings. The van der Waals surface area contributed by atoms with Gasteiger partial charge in [-0.1, -0.05) is 6.07 Å². The molecule has 1 atom stereocenters. The van der Waals surface area contributed by atoms with Gasteiger partial charge < -0.3 is 29.3 Å². The summed E-state index contributed by atoms with van der Waals surface area (Å²) in [6.07, 6.45) is 0.654. The first kappa shape index (κ1) is 22.8. The number of benzene rings is 1. The molecule has 1 amide bonds. The average Bonchev–Trinajstić information content (AvgIpc) is 2.93. The van der Waals surface area contributed by atoms with Gasteiger partial charge in [0.15, 0.2) is 17.5 Å². The second-order valence-electron chi connectivity index (χ2n) is 8.62. The minimum absolute atomic E-state index is 0. The Morgan fingerprint density at radius 3 is 2.77 bits per heavy atom. The fraction of sp³-hybridized carbons (Fsp3) is 0.619. The highest BCUT2D eigenvalue weighted by Crippen LogP contribution is 2.30. The van der Waals surface area contributed by atoms with Gasteiger partial charge in [-0.2, -0.15) is 0 Å². The van der Waals surface area contributed by atoms with Crippen LogP contribution in [0.2, 0.25) is 0 Å². The van der Waals surface area contributed by atoms with Gasteiger partial charge in [-0.15, -0.1) is 24.0 Å². The molecule has 1 aromatic carbocycles. The third-order valence-corrected chi connectivity index (χ3v) is 5.12. The van der Waals surface area contributed by atoms with Gasteiger partial charge in [0.2, 0.25) is 0 Å². The molecule has 30 heavy (non-hydrogen) atoms. The van der Waals surface area contributed by atoms with Gasteiger partial charge in [0.1, 0.15) is 5.60 Å².